The summed E-state index contributed by atoms with van der Waals surface area (Å²) in [6.45, 7) is 2.62. The van der Waals surface area contributed by atoms with Crippen molar-refractivity contribution in [2.45, 2.75) is 13.5 Å². The van der Waals surface area contributed by atoms with E-state index in [1.165, 1.54) is 11.3 Å². The van der Waals surface area contributed by atoms with E-state index in [0.717, 1.165) is 16.7 Å². The lowest BCUT2D eigenvalue weighted by Gasteiger charge is -2.03. The SMILES string of the molecule is Cc1ccc(-c2nn(Cc3ccccc3)cc2C(=O)Nc2nncs2)cc1. The van der Waals surface area contributed by atoms with Gasteiger partial charge in [-0.05, 0) is 12.5 Å². The minimum atomic E-state index is -0.248. The van der Waals surface area contributed by atoms with E-state index in [4.69, 9.17) is 0 Å². The highest BCUT2D eigenvalue weighted by Gasteiger charge is 2.19. The summed E-state index contributed by atoms with van der Waals surface area (Å²) < 4.78 is 1.79. The lowest BCUT2D eigenvalue weighted by Crippen LogP contribution is -2.12. The molecule has 6 nitrogen and oxygen atoms in total. The summed E-state index contributed by atoms with van der Waals surface area (Å²) in [6.07, 6.45) is 1.78. The average molecular weight is 375 g/mol. The van der Waals surface area contributed by atoms with Crippen LogP contribution in [0.3, 0.4) is 0 Å². The van der Waals surface area contributed by atoms with Crippen LogP contribution in [0.25, 0.3) is 11.3 Å². The average Bonchev–Trinajstić information content (AvgIpc) is 3.33. The monoisotopic (exact) mass is 375 g/mol. The Hall–Kier alpha value is -3.32. The van der Waals surface area contributed by atoms with Gasteiger partial charge in [0.25, 0.3) is 5.91 Å². The highest BCUT2D eigenvalue weighted by molar-refractivity contribution is 7.13. The van der Waals surface area contributed by atoms with E-state index >= 15 is 0 Å². The van der Waals surface area contributed by atoms with Crippen molar-refractivity contribution >= 4 is 22.4 Å². The van der Waals surface area contributed by atoms with Crippen LogP contribution in [0.1, 0.15) is 21.5 Å². The summed E-state index contributed by atoms with van der Waals surface area (Å²) in [5.74, 6) is -0.248. The van der Waals surface area contributed by atoms with Gasteiger partial charge in [-0.3, -0.25) is 14.8 Å². The maximum absolute atomic E-state index is 12.8. The Morgan fingerprint density at radius 2 is 1.89 bits per heavy atom. The molecule has 0 aliphatic rings. The Balaban J connectivity index is 1.70. The standard InChI is InChI=1S/C20H17N5OS/c1-14-7-9-16(10-8-14)18-17(19(26)22-20-23-21-13-27-20)12-25(24-18)11-15-5-3-2-4-6-15/h2-10,12-13H,11H2,1H3,(H,22,23,26). The number of aromatic nitrogens is 4. The van der Waals surface area contributed by atoms with Gasteiger partial charge in [-0.15, -0.1) is 10.2 Å². The molecule has 1 amide bonds. The van der Waals surface area contributed by atoms with E-state index in [0.29, 0.717) is 22.9 Å². The molecule has 0 unspecified atom stereocenters. The Kier molecular flexibility index (Phi) is 4.76. The predicted molar refractivity (Wildman–Crippen MR) is 106 cm³/mol. The second-order valence-corrected chi connectivity index (χ2v) is 6.97. The highest BCUT2D eigenvalue weighted by atomic mass is 32.1. The van der Waals surface area contributed by atoms with Gasteiger partial charge in [0, 0.05) is 11.8 Å². The van der Waals surface area contributed by atoms with E-state index in [1.807, 2.05) is 61.5 Å². The van der Waals surface area contributed by atoms with Crippen LogP contribution >= 0.6 is 11.3 Å². The van der Waals surface area contributed by atoms with Crippen LogP contribution in [0.4, 0.5) is 5.13 Å². The first-order valence-corrected chi connectivity index (χ1v) is 9.33. The fraction of sp³-hybridized carbons (Fsp3) is 0.100. The summed E-state index contributed by atoms with van der Waals surface area (Å²) in [5.41, 5.74) is 5.90. The first-order valence-electron chi connectivity index (χ1n) is 8.45. The Bertz CT molecular complexity index is 1040. The van der Waals surface area contributed by atoms with Crippen LogP contribution in [0.5, 0.6) is 0 Å². The van der Waals surface area contributed by atoms with E-state index in [9.17, 15) is 4.79 Å². The van der Waals surface area contributed by atoms with Crippen molar-refractivity contribution in [3.63, 3.8) is 0 Å². The number of amides is 1. The molecule has 7 heteroatoms. The molecule has 0 saturated heterocycles. The maximum Gasteiger partial charge on any atom is 0.261 e. The number of carbonyl (C=O) groups is 1. The van der Waals surface area contributed by atoms with Crippen LogP contribution in [0, 0.1) is 6.92 Å². The molecule has 0 aliphatic carbocycles. The molecule has 2 heterocycles. The van der Waals surface area contributed by atoms with Crippen molar-refractivity contribution in [3.8, 4) is 11.3 Å². The molecule has 2 aromatic carbocycles. The Morgan fingerprint density at radius 3 is 2.59 bits per heavy atom. The highest BCUT2D eigenvalue weighted by Crippen LogP contribution is 2.24. The third-order valence-corrected chi connectivity index (χ3v) is 4.71. The van der Waals surface area contributed by atoms with Crippen LogP contribution in [0.15, 0.2) is 66.3 Å². The number of hydrogen-bond donors (Lipinski definition) is 1. The van der Waals surface area contributed by atoms with E-state index < -0.39 is 0 Å². The minimum Gasteiger partial charge on any atom is -0.296 e. The van der Waals surface area contributed by atoms with Gasteiger partial charge in [-0.2, -0.15) is 5.10 Å². The summed E-state index contributed by atoms with van der Waals surface area (Å²) >= 11 is 1.28. The van der Waals surface area contributed by atoms with Gasteiger partial charge in [0.05, 0.1) is 12.1 Å². The smallest absolute Gasteiger partial charge is 0.261 e. The molecule has 4 rings (SSSR count). The minimum absolute atomic E-state index is 0.248. The van der Waals surface area contributed by atoms with Gasteiger partial charge >= 0.3 is 0 Å². The third kappa shape index (κ3) is 3.93. The second-order valence-electron chi connectivity index (χ2n) is 6.14. The zero-order valence-corrected chi connectivity index (χ0v) is 15.5. The van der Waals surface area contributed by atoms with Crippen molar-refractivity contribution in [2.24, 2.45) is 0 Å². The predicted octanol–water partition coefficient (Wildman–Crippen LogP) is 4.01. The topological polar surface area (TPSA) is 72.7 Å². The van der Waals surface area contributed by atoms with Gasteiger partial charge in [0.2, 0.25) is 5.13 Å². The lowest BCUT2D eigenvalue weighted by molar-refractivity contribution is 0.102. The third-order valence-electron chi connectivity index (χ3n) is 4.10. The number of nitrogens with zero attached hydrogens (tertiary/aromatic N) is 4. The molecule has 0 radical (unpaired) electrons. The molecule has 0 spiro atoms. The van der Waals surface area contributed by atoms with E-state index in [2.05, 4.69) is 20.6 Å². The number of carbonyl (C=O) groups excluding carboxylic acids is 1. The summed E-state index contributed by atoms with van der Waals surface area (Å²) in [5, 5.41) is 15.6. The Morgan fingerprint density at radius 1 is 1.11 bits per heavy atom. The second kappa shape index (κ2) is 7.51. The van der Waals surface area contributed by atoms with Gasteiger partial charge in [-0.25, -0.2) is 0 Å². The number of aryl methyl sites for hydroxylation is 1. The summed E-state index contributed by atoms with van der Waals surface area (Å²) in [6, 6.07) is 18.0. The molecule has 0 aliphatic heterocycles. The molecule has 0 bridgehead atoms. The Labute approximate surface area is 160 Å². The molecule has 0 fully saturated rings. The number of nitrogens with one attached hydrogen (secondary N) is 1. The number of benzene rings is 2. The summed E-state index contributed by atoms with van der Waals surface area (Å²) in [4.78, 5) is 12.8. The molecular weight excluding hydrogens is 358 g/mol. The molecule has 27 heavy (non-hydrogen) atoms. The fourth-order valence-electron chi connectivity index (χ4n) is 2.76. The van der Waals surface area contributed by atoms with Crippen LogP contribution in [0.2, 0.25) is 0 Å². The van der Waals surface area contributed by atoms with Crippen LogP contribution < -0.4 is 5.32 Å². The normalized spacial score (nSPS) is 10.7. The largest absolute Gasteiger partial charge is 0.296 e. The molecule has 1 N–H and O–H groups in total. The molecular formula is C20H17N5OS. The lowest BCUT2D eigenvalue weighted by atomic mass is 10.1. The molecule has 134 valence electrons. The van der Waals surface area contributed by atoms with Crippen molar-refractivity contribution < 1.29 is 4.79 Å². The van der Waals surface area contributed by atoms with Gasteiger partial charge in [-0.1, -0.05) is 71.5 Å². The van der Waals surface area contributed by atoms with Crippen molar-refractivity contribution in [1.29, 1.82) is 0 Å². The van der Waals surface area contributed by atoms with Crippen molar-refractivity contribution in [1.82, 2.24) is 20.0 Å². The van der Waals surface area contributed by atoms with Crippen LogP contribution in [-0.2, 0) is 6.54 Å². The van der Waals surface area contributed by atoms with Crippen LogP contribution in [-0.4, -0.2) is 25.9 Å². The van der Waals surface area contributed by atoms with E-state index in [-0.39, 0.29) is 5.91 Å². The quantitative estimate of drug-likeness (QED) is 0.572. The van der Waals surface area contributed by atoms with Gasteiger partial charge in [0.1, 0.15) is 11.2 Å². The zero-order valence-electron chi connectivity index (χ0n) is 14.7. The maximum atomic E-state index is 12.8. The molecule has 0 saturated carbocycles. The van der Waals surface area contributed by atoms with E-state index in [1.54, 1.807) is 16.4 Å². The summed E-state index contributed by atoms with van der Waals surface area (Å²) in [7, 11) is 0. The first-order chi connectivity index (χ1) is 13.2. The zero-order chi connectivity index (χ0) is 18.6. The number of anilines is 1. The number of rotatable bonds is 5. The van der Waals surface area contributed by atoms with Crippen molar-refractivity contribution in [3.05, 3.63) is 83.0 Å². The number of hydrogen-bond acceptors (Lipinski definition) is 5. The molecule has 0 atom stereocenters. The van der Waals surface area contributed by atoms with Crippen molar-refractivity contribution in [2.75, 3.05) is 5.32 Å². The fourth-order valence-corrected chi connectivity index (χ4v) is 3.20. The molecule has 4 aromatic rings. The molecule has 2 aromatic heterocycles. The first kappa shape index (κ1) is 17.1. The van der Waals surface area contributed by atoms with Gasteiger partial charge in [0.15, 0.2) is 0 Å². The van der Waals surface area contributed by atoms with Gasteiger partial charge < -0.3 is 0 Å².